The molecule has 0 aliphatic carbocycles. The molecule has 1 aromatic carbocycles. The van der Waals surface area contributed by atoms with Crippen molar-refractivity contribution in [1.29, 1.82) is 0 Å². The topological polar surface area (TPSA) is 17.1 Å². The molecule has 0 heterocycles. The van der Waals surface area contributed by atoms with E-state index < -0.39 is 0 Å². The Morgan fingerprint density at radius 2 is 1.87 bits per heavy atom. The minimum Gasteiger partial charge on any atom is -0.274 e. The van der Waals surface area contributed by atoms with Crippen molar-refractivity contribution in [3.8, 4) is 0 Å². The van der Waals surface area contributed by atoms with Crippen LogP contribution in [0.4, 0.5) is 0 Å². The third kappa shape index (κ3) is 4.57. The molecule has 82 valence electrons. The Balaban J connectivity index is 2.39. The summed E-state index contributed by atoms with van der Waals surface area (Å²) in [6.07, 6.45) is 6.02. The fourth-order valence-corrected chi connectivity index (χ4v) is 2.30. The predicted molar refractivity (Wildman–Crippen MR) is 65.5 cm³/mol. The molecule has 1 rings (SSSR count). The van der Waals surface area contributed by atoms with Crippen LogP contribution in [-0.4, -0.2) is 0 Å². The normalized spacial score (nSPS) is 12.9. The summed E-state index contributed by atoms with van der Waals surface area (Å²) >= 11 is 0. The van der Waals surface area contributed by atoms with Gasteiger partial charge in [0, 0.05) is 0 Å². The maximum Gasteiger partial charge on any atom is 0.163 e. The van der Waals surface area contributed by atoms with Gasteiger partial charge in [-0.1, -0.05) is 62.9 Å². The molecular weight excluding hydrogens is 203 g/mol. The molecule has 0 bridgehead atoms. The Morgan fingerprint density at radius 1 is 1.13 bits per heavy atom. The minimum atomic E-state index is 0.197. The van der Waals surface area contributed by atoms with Gasteiger partial charge in [0.25, 0.3) is 0 Å². The van der Waals surface area contributed by atoms with E-state index in [-0.39, 0.29) is 14.1 Å². The van der Waals surface area contributed by atoms with Crippen molar-refractivity contribution in [2.45, 2.75) is 44.7 Å². The number of benzene rings is 1. The second-order valence-corrected chi connectivity index (χ2v) is 4.72. The first-order valence-electron chi connectivity index (χ1n) is 5.76. The van der Waals surface area contributed by atoms with Crippen LogP contribution in [0, 0.1) is 0 Å². The third-order valence-corrected chi connectivity index (χ3v) is 3.45. The lowest BCUT2D eigenvalue weighted by atomic mass is 10.1. The van der Waals surface area contributed by atoms with Crippen LogP contribution in [0.15, 0.2) is 30.3 Å². The number of unbranched alkanes of at least 4 members (excludes halogenated alkanes) is 3. The van der Waals surface area contributed by atoms with Crippen LogP contribution >= 0.6 is 8.46 Å². The summed E-state index contributed by atoms with van der Waals surface area (Å²) in [4.78, 5) is 0. The first kappa shape index (κ1) is 12.4. The van der Waals surface area contributed by atoms with E-state index in [0.717, 1.165) is 6.42 Å². The molecule has 0 N–H and O–H groups in total. The van der Waals surface area contributed by atoms with Gasteiger partial charge in [-0.05, 0) is 12.0 Å². The first-order valence-corrected chi connectivity index (χ1v) is 6.64. The standard InChI is InChI=1S/C13H19OP/c1-2-3-4-8-11-13(15-14)12-9-6-5-7-10-12/h5-7,9-10,13H,2-4,8,11H2,1H3. The molecule has 0 radical (unpaired) electrons. The fraction of sp³-hybridized carbons (Fsp3) is 0.538. The maximum absolute atomic E-state index is 11.1. The molecule has 1 atom stereocenters. The number of rotatable bonds is 7. The highest BCUT2D eigenvalue weighted by Crippen LogP contribution is 2.31. The van der Waals surface area contributed by atoms with Crippen molar-refractivity contribution in [1.82, 2.24) is 0 Å². The summed E-state index contributed by atoms with van der Waals surface area (Å²) < 4.78 is 11.1. The predicted octanol–water partition coefficient (Wildman–Crippen LogP) is 4.99. The van der Waals surface area contributed by atoms with E-state index in [9.17, 15) is 4.57 Å². The van der Waals surface area contributed by atoms with E-state index >= 15 is 0 Å². The second-order valence-electron chi connectivity index (χ2n) is 3.88. The molecule has 15 heavy (non-hydrogen) atoms. The van der Waals surface area contributed by atoms with E-state index in [1.54, 1.807) is 0 Å². The first-order chi connectivity index (χ1) is 7.38. The molecule has 0 aliphatic heterocycles. The highest BCUT2D eigenvalue weighted by Gasteiger charge is 2.09. The van der Waals surface area contributed by atoms with E-state index in [4.69, 9.17) is 0 Å². The molecular formula is C13H19OP. The number of hydrogen-bond acceptors (Lipinski definition) is 1. The molecule has 0 spiro atoms. The van der Waals surface area contributed by atoms with Crippen LogP contribution in [0.3, 0.4) is 0 Å². The van der Waals surface area contributed by atoms with Gasteiger partial charge in [0.05, 0.1) is 5.66 Å². The molecule has 0 aliphatic rings. The average molecular weight is 222 g/mol. The molecule has 0 saturated carbocycles. The highest BCUT2D eigenvalue weighted by atomic mass is 31.1. The van der Waals surface area contributed by atoms with E-state index in [1.165, 1.54) is 31.2 Å². The Morgan fingerprint density at radius 3 is 2.47 bits per heavy atom. The molecule has 0 fully saturated rings. The second kappa shape index (κ2) is 7.59. The van der Waals surface area contributed by atoms with Gasteiger partial charge in [-0.2, -0.15) is 0 Å². The lowest BCUT2D eigenvalue weighted by Crippen LogP contribution is -1.90. The van der Waals surface area contributed by atoms with Crippen LogP contribution in [0.1, 0.15) is 50.3 Å². The van der Waals surface area contributed by atoms with E-state index in [1.807, 2.05) is 18.2 Å². The summed E-state index contributed by atoms with van der Waals surface area (Å²) in [6.45, 7) is 2.21. The van der Waals surface area contributed by atoms with Crippen molar-refractivity contribution in [3.63, 3.8) is 0 Å². The average Bonchev–Trinajstić information content (AvgIpc) is 2.30. The maximum atomic E-state index is 11.1. The Kier molecular flexibility index (Phi) is 6.27. The fourth-order valence-electron chi connectivity index (χ4n) is 1.72. The van der Waals surface area contributed by atoms with Crippen LogP contribution in [0.25, 0.3) is 0 Å². The lowest BCUT2D eigenvalue weighted by Gasteiger charge is -2.08. The number of hydrogen-bond donors (Lipinski definition) is 0. The molecule has 1 aromatic rings. The summed E-state index contributed by atoms with van der Waals surface area (Å²) in [7, 11) is 0.260. The molecule has 0 saturated heterocycles. The summed E-state index contributed by atoms with van der Waals surface area (Å²) in [5.74, 6) is 0. The van der Waals surface area contributed by atoms with Crippen molar-refractivity contribution in [2.24, 2.45) is 0 Å². The van der Waals surface area contributed by atoms with Gasteiger partial charge in [0.15, 0.2) is 8.46 Å². The Labute approximate surface area is 94.1 Å². The van der Waals surface area contributed by atoms with Gasteiger partial charge in [-0.15, -0.1) is 0 Å². The summed E-state index contributed by atoms with van der Waals surface area (Å²) in [6, 6.07) is 10.2. The zero-order valence-corrected chi connectivity index (χ0v) is 10.2. The SMILES string of the molecule is CCCCCCC(P=O)c1ccccc1. The zero-order valence-electron chi connectivity index (χ0n) is 9.36. The largest absolute Gasteiger partial charge is 0.274 e. The quantitative estimate of drug-likeness (QED) is 0.469. The van der Waals surface area contributed by atoms with Crippen LogP contribution < -0.4 is 0 Å². The lowest BCUT2D eigenvalue weighted by molar-refractivity contribution is 0.576. The summed E-state index contributed by atoms with van der Waals surface area (Å²) in [5, 5.41) is 0. The van der Waals surface area contributed by atoms with Crippen LogP contribution in [0.2, 0.25) is 0 Å². The van der Waals surface area contributed by atoms with Crippen molar-refractivity contribution in [3.05, 3.63) is 35.9 Å². The van der Waals surface area contributed by atoms with Crippen molar-refractivity contribution in [2.75, 3.05) is 0 Å². The molecule has 0 amide bonds. The van der Waals surface area contributed by atoms with E-state index in [0.29, 0.717) is 0 Å². The zero-order chi connectivity index (χ0) is 10.9. The third-order valence-electron chi connectivity index (χ3n) is 2.64. The monoisotopic (exact) mass is 222 g/mol. The summed E-state index contributed by atoms with van der Waals surface area (Å²) in [5.41, 5.74) is 1.40. The van der Waals surface area contributed by atoms with Crippen molar-refractivity contribution >= 4 is 8.46 Å². The molecule has 2 heteroatoms. The highest BCUT2D eigenvalue weighted by molar-refractivity contribution is 7.24. The molecule has 0 aromatic heterocycles. The van der Waals surface area contributed by atoms with Crippen LogP contribution in [0.5, 0.6) is 0 Å². The van der Waals surface area contributed by atoms with Gasteiger partial charge < -0.3 is 0 Å². The minimum absolute atomic E-state index is 0.197. The Bertz CT molecular complexity index is 271. The van der Waals surface area contributed by atoms with Crippen LogP contribution in [-0.2, 0) is 4.57 Å². The van der Waals surface area contributed by atoms with Gasteiger partial charge in [0.2, 0.25) is 0 Å². The smallest absolute Gasteiger partial charge is 0.163 e. The van der Waals surface area contributed by atoms with Gasteiger partial charge in [-0.25, -0.2) is 0 Å². The van der Waals surface area contributed by atoms with Gasteiger partial charge >= 0.3 is 0 Å². The molecule has 1 nitrogen and oxygen atoms in total. The van der Waals surface area contributed by atoms with Gasteiger partial charge in [0.1, 0.15) is 0 Å². The Hall–Kier alpha value is -0.680. The van der Waals surface area contributed by atoms with E-state index in [2.05, 4.69) is 19.1 Å². The van der Waals surface area contributed by atoms with Gasteiger partial charge in [-0.3, -0.25) is 4.57 Å². The molecule has 1 unspecified atom stereocenters. The van der Waals surface area contributed by atoms with Crippen molar-refractivity contribution < 1.29 is 4.57 Å².